The van der Waals surface area contributed by atoms with Crippen LogP contribution in [0.3, 0.4) is 0 Å². The van der Waals surface area contributed by atoms with Crippen molar-refractivity contribution in [2.75, 3.05) is 0 Å². The standard InChI is InChI=1S/C24H30O4/c1-21(2,3)16-13-17(22(4,5)6)19(26)23(14-16)20-18(25)11-12-24(27-20,28-23)15-9-7-8-10-15/h7-9,13-14,20H,10-12H2,1-6H3. The zero-order valence-electron chi connectivity index (χ0n) is 17.7. The van der Waals surface area contributed by atoms with Crippen molar-refractivity contribution in [3.8, 4) is 0 Å². The highest BCUT2D eigenvalue weighted by atomic mass is 16.8. The van der Waals surface area contributed by atoms with Gasteiger partial charge in [0.25, 0.3) is 0 Å². The summed E-state index contributed by atoms with van der Waals surface area (Å²) in [5.74, 6) is -1.17. The monoisotopic (exact) mass is 382 g/mol. The van der Waals surface area contributed by atoms with Crippen LogP contribution in [0.15, 0.2) is 47.1 Å². The Bertz CT molecular complexity index is 871. The van der Waals surface area contributed by atoms with E-state index < -0.39 is 17.5 Å². The fraction of sp³-hybridized carbons (Fsp3) is 0.583. The lowest BCUT2D eigenvalue weighted by molar-refractivity contribution is -0.178. The first kappa shape index (κ1) is 19.5. The summed E-state index contributed by atoms with van der Waals surface area (Å²) in [4.78, 5) is 26.7. The molecule has 4 aliphatic rings. The van der Waals surface area contributed by atoms with Crippen LogP contribution >= 0.6 is 0 Å². The minimum Gasteiger partial charge on any atom is -0.331 e. The number of fused-ring (bicyclic) bond motifs is 3. The first-order valence-corrected chi connectivity index (χ1v) is 10.2. The van der Waals surface area contributed by atoms with E-state index >= 15 is 0 Å². The number of hydrogen-bond acceptors (Lipinski definition) is 4. The number of carbonyl (C=O) groups excluding carboxylic acids is 2. The van der Waals surface area contributed by atoms with Crippen LogP contribution in [0.2, 0.25) is 0 Å². The van der Waals surface area contributed by atoms with Crippen molar-refractivity contribution in [2.24, 2.45) is 10.8 Å². The molecule has 0 saturated carbocycles. The van der Waals surface area contributed by atoms with Gasteiger partial charge in [-0.05, 0) is 34.5 Å². The Morgan fingerprint density at radius 2 is 1.79 bits per heavy atom. The minimum atomic E-state index is -1.38. The maximum Gasteiger partial charge on any atom is 0.198 e. The van der Waals surface area contributed by atoms with E-state index in [-0.39, 0.29) is 22.4 Å². The first-order chi connectivity index (χ1) is 12.9. The fourth-order valence-corrected chi connectivity index (χ4v) is 4.52. The van der Waals surface area contributed by atoms with Crippen molar-refractivity contribution in [1.29, 1.82) is 0 Å². The minimum absolute atomic E-state index is 0.0484. The fourth-order valence-electron chi connectivity index (χ4n) is 4.52. The molecule has 4 nitrogen and oxygen atoms in total. The Balaban J connectivity index is 1.89. The molecule has 2 fully saturated rings. The molecule has 2 aliphatic carbocycles. The third-order valence-electron chi connectivity index (χ3n) is 6.23. The van der Waals surface area contributed by atoms with E-state index in [2.05, 4.69) is 20.8 Å². The van der Waals surface area contributed by atoms with Gasteiger partial charge < -0.3 is 9.47 Å². The van der Waals surface area contributed by atoms with E-state index in [0.717, 1.165) is 17.6 Å². The first-order valence-electron chi connectivity index (χ1n) is 10.2. The Morgan fingerprint density at radius 3 is 2.36 bits per heavy atom. The van der Waals surface area contributed by atoms with Crippen molar-refractivity contribution < 1.29 is 19.1 Å². The maximum atomic E-state index is 13.8. The molecule has 28 heavy (non-hydrogen) atoms. The van der Waals surface area contributed by atoms with E-state index in [1.807, 2.05) is 51.2 Å². The molecule has 2 heterocycles. The van der Waals surface area contributed by atoms with Crippen molar-refractivity contribution in [1.82, 2.24) is 0 Å². The number of ketones is 2. The average molecular weight is 383 g/mol. The summed E-state index contributed by atoms with van der Waals surface area (Å²) in [6.45, 7) is 12.4. The second-order valence-electron chi connectivity index (χ2n) is 10.4. The Kier molecular flexibility index (Phi) is 4.09. The van der Waals surface area contributed by atoms with Gasteiger partial charge in [0.05, 0.1) is 0 Å². The highest BCUT2D eigenvalue weighted by Crippen LogP contribution is 2.54. The van der Waals surface area contributed by atoms with Gasteiger partial charge in [0.1, 0.15) is 0 Å². The normalized spacial score (nSPS) is 35.4. The summed E-state index contributed by atoms with van der Waals surface area (Å²) in [6, 6.07) is 0. The van der Waals surface area contributed by atoms with Gasteiger partial charge in [-0.2, -0.15) is 0 Å². The van der Waals surface area contributed by atoms with Gasteiger partial charge in [0, 0.05) is 18.4 Å². The molecule has 0 aromatic heterocycles. The number of rotatable bonds is 1. The third kappa shape index (κ3) is 2.73. The Morgan fingerprint density at radius 1 is 1.07 bits per heavy atom. The third-order valence-corrected chi connectivity index (χ3v) is 6.23. The molecular weight excluding hydrogens is 352 g/mol. The van der Waals surface area contributed by atoms with Gasteiger partial charge in [0.15, 0.2) is 29.1 Å². The van der Waals surface area contributed by atoms with Gasteiger partial charge in [-0.25, -0.2) is 0 Å². The van der Waals surface area contributed by atoms with Crippen molar-refractivity contribution in [2.45, 2.75) is 78.3 Å². The molecule has 150 valence electrons. The molecule has 4 heteroatoms. The second-order valence-corrected chi connectivity index (χ2v) is 10.4. The van der Waals surface area contributed by atoms with E-state index in [1.54, 1.807) is 0 Å². The van der Waals surface area contributed by atoms with Gasteiger partial charge in [-0.3, -0.25) is 9.59 Å². The van der Waals surface area contributed by atoms with Crippen LogP contribution in [0.4, 0.5) is 0 Å². The van der Waals surface area contributed by atoms with Gasteiger partial charge in [-0.15, -0.1) is 0 Å². The largest absolute Gasteiger partial charge is 0.331 e. The SMILES string of the molecule is CC(C)(C)C1=CC2(OC3(C4=CC=CC4)CCC(=O)C2O3)C(=O)C(C(C)(C)C)=C1. The van der Waals surface area contributed by atoms with Crippen LogP contribution in [0.1, 0.15) is 60.8 Å². The molecule has 4 rings (SSSR count). The van der Waals surface area contributed by atoms with E-state index in [1.165, 1.54) is 0 Å². The van der Waals surface area contributed by atoms with Gasteiger partial charge in [-0.1, -0.05) is 65.8 Å². The molecule has 0 aromatic rings. The highest BCUT2D eigenvalue weighted by Gasteiger charge is 2.67. The number of allylic oxidation sites excluding steroid dienone is 5. The molecule has 2 aliphatic heterocycles. The molecule has 3 unspecified atom stereocenters. The van der Waals surface area contributed by atoms with E-state index in [0.29, 0.717) is 18.4 Å². The van der Waals surface area contributed by atoms with Gasteiger partial charge in [0.2, 0.25) is 0 Å². The zero-order valence-corrected chi connectivity index (χ0v) is 17.7. The summed E-state index contributed by atoms with van der Waals surface area (Å²) in [7, 11) is 0. The van der Waals surface area contributed by atoms with Gasteiger partial charge >= 0.3 is 0 Å². The van der Waals surface area contributed by atoms with Crippen LogP contribution < -0.4 is 0 Å². The van der Waals surface area contributed by atoms with Crippen LogP contribution in [0, 0.1) is 10.8 Å². The number of carbonyl (C=O) groups is 2. The van der Waals surface area contributed by atoms with Crippen LogP contribution in [-0.4, -0.2) is 29.1 Å². The van der Waals surface area contributed by atoms with Crippen molar-refractivity contribution in [3.63, 3.8) is 0 Å². The van der Waals surface area contributed by atoms with E-state index in [4.69, 9.17) is 9.47 Å². The van der Waals surface area contributed by atoms with Crippen LogP contribution in [0.5, 0.6) is 0 Å². The second kappa shape index (κ2) is 5.87. The van der Waals surface area contributed by atoms with E-state index in [9.17, 15) is 9.59 Å². The summed E-state index contributed by atoms with van der Waals surface area (Å²) in [6.07, 6.45) is 10.5. The maximum absolute atomic E-state index is 13.8. The number of Topliss-reactive ketones (excluding diaryl/α,β-unsaturated/α-hetero) is 2. The Labute approximate surface area is 167 Å². The van der Waals surface area contributed by atoms with Crippen molar-refractivity contribution in [3.05, 3.63) is 47.1 Å². The highest BCUT2D eigenvalue weighted by molar-refractivity contribution is 6.10. The summed E-state index contributed by atoms with van der Waals surface area (Å²) in [5.41, 5.74) is 0.768. The van der Waals surface area contributed by atoms with Crippen molar-refractivity contribution >= 4 is 11.6 Å². The Hall–Kier alpha value is -1.78. The summed E-state index contributed by atoms with van der Waals surface area (Å²) >= 11 is 0. The zero-order chi connectivity index (χ0) is 20.5. The molecule has 0 aromatic carbocycles. The lowest BCUT2D eigenvalue weighted by atomic mass is 9.68. The molecule has 1 spiro atoms. The van der Waals surface area contributed by atoms with Crippen LogP contribution in [-0.2, 0) is 19.1 Å². The molecule has 0 amide bonds. The molecular formula is C24H30O4. The predicted octanol–water partition coefficient (Wildman–Crippen LogP) is 4.61. The summed E-state index contributed by atoms with van der Waals surface area (Å²) in [5, 5.41) is 0. The average Bonchev–Trinajstić information content (AvgIpc) is 3.19. The molecule has 2 saturated heterocycles. The number of ether oxygens (including phenoxy) is 2. The molecule has 3 atom stereocenters. The molecule has 2 bridgehead atoms. The quantitative estimate of drug-likeness (QED) is 0.664. The van der Waals surface area contributed by atoms with Crippen LogP contribution in [0.25, 0.3) is 0 Å². The predicted molar refractivity (Wildman–Crippen MR) is 108 cm³/mol. The summed E-state index contributed by atoms with van der Waals surface area (Å²) < 4.78 is 12.9. The molecule has 0 N–H and O–H groups in total. The smallest absolute Gasteiger partial charge is 0.198 e. The molecule has 0 radical (unpaired) electrons. The topological polar surface area (TPSA) is 52.6 Å². The lowest BCUT2D eigenvalue weighted by Gasteiger charge is -2.38. The lowest BCUT2D eigenvalue weighted by Crippen LogP contribution is -2.53. The number of hydrogen-bond donors (Lipinski definition) is 0.